The molecule has 1 aliphatic heterocycles. The van der Waals surface area contributed by atoms with Crippen molar-refractivity contribution in [1.29, 1.82) is 0 Å². The minimum atomic E-state index is -4.55. The summed E-state index contributed by atoms with van der Waals surface area (Å²) < 4.78 is 48.8. The van der Waals surface area contributed by atoms with E-state index in [1.807, 2.05) is 20.8 Å². The topological polar surface area (TPSA) is 47.6 Å². The quantitative estimate of drug-likeness (QED) is 0.440. The van der Waals surface area contributed by atoms with E-state index in [0.717, 1.165) is 0 Å². The second-order valence-electron chi connectivity index (χ2n) is 7.54. The molecular weight excluding hydrogens is 481 g/mol. The third-order valence-corrected chi connectivity index (χ3v) is 7.11. The monoisotopic (exact) mass is 503 g/mol. The van der Waals surface area contributed by atoms with Crippen LogP contribution in [0.25, 0.3) is 5.57 Å². The molecule has 0 spiro atoms. The largest absolute Gasteiger partial charge is 0.445 e. The molecule has 0 saturated carbocycles. The molecule has 1 amide bonds. The van der Waals surface area contributed by atoms with Gasteiger partial charge >= 0.3 is 6.18 Å². The number of rotatable bonds is 7. The predicted molar refractivity (Wildman–Crippen MR) is 117 cm³/mol. The molecule has 1 aromatic rings. The van der Waals surface area contributed by atoms with Gasteiger partial charge in [0.2, 0.25) is 6.49 Å². The van der Waals surface area contributed by atoms with Gasteiger partial charge in [0.25, 0.3) is 5.91 Å². The smallest absolute Gasteiger partial charge is 0.412 e. The lowest BCUT2D eigenvalue weighted by molar-refractivity contribution is -0.153. The molecular formula is C19H23Cl2F3NO3PS. The average Bonchev–Trinajstić information content (AvgIpc) is 2.83. The maximum absolute atomic E-state index is 13.0. The van der Waals surface area contributed by atoms with Crippen LogP contribution in [0.15, 0.2) is 17.9 Å². The summed E-state index contributed by atoms with van der Waals surface area (Å²) in [5.74, 6) is -0.483. The van der Waals surface area contributed by atoms with Gasteiger partial charge < -0.3 is 14.4 Å². The SMILES string of the molecule is CCc1cc(Cl)cc(Cl)c1C1=C(OP(C)(=S)OCC(F)(F)F)C(C)(C(C)C)NC1=O. The fourth-order valence-corrected chi connectivity index (χ4v) is 5.12. The normalized spacial score (nSPS) is 21.8. The molecule has 1 aromatic carbocycles. The van der Waals surface area contributed by atoms with Crippen molar-refractivity contribution in [3.63, 3.8) is 0 Å². The molecule has 0 fully saturated rings. The summed E-state index contributed by atoms with van der Waals surface area (Å²) in [6, 6.07) is 3.19. The van der Waals surface area contributed by atoms with Crippen molar-refractivity contribution >= 4 is 53.0 Å². The van der Waals surface area contributed by atoms with Crippen LogP contribution in [0.5, 0.6) is 0 Å². The highest BCUT2D eigenvalue weighted by Crippen LogP contribution is 2.53. The van der Waals surface area contributed by atoms with Crippen LogP contribution in [-0.4, -0.2) is 30.9 Å². The number of hydrogen-bond acceptors (Lipinski definition) is 4. The van der Waals surface area contributed by atoms with E-state index < -0.39 is 30.7 Å². The zero-order chi connectivity index (χ0) is 23.1. The zero-order valence-electron chi connectivity index (χ0n) is 17.1. The van der Waals surface area contributed by atoms with E-state index in [0.29, 0.717) is 22.6 Å². The van der Waals surface area contributed by atoms with Crippen molar-refractivity contribution in [1.82, 2.24) is 5.32 Å². The first-order chi connectivity index (χ1) is 13.6. The van der Waals surface area contributed by atoms with Crippen LogP contribution < -0.4 is 5.32 Å². The third-order valence-electron chi connectivity index (χ3n) is 4.94. The van der Waals surface area contributed by atoms with Crippen molar-refractivity contribution in [3.05, 3.63) is 39.1 Å². The first kappa shape index (κ1) is 25.5. The van der Waals surface area contributed by atoms with Gasteiger partial charge in [-0.3, -0.25) is 4.79 Å². The number of hydrogen-bond donors (Lipinski definition) is 1. The molecule has 168 valence electrons. The van der Waals surface area contributed by atoms with Gasteiger partial charge in [-0.1, -0.05) is 44.0 Å². The fraction of sp³-hybridized carbons (Fsp3) is 0.526. The van der Waals surface area contributed by atoms with E-state index in [1.165, 1.54) is 12.7 Å². The fourth-order valence-electron chi connectivity index (χ4n) is 3.06. The Morgan fingerprint density at radius 3 is 2.40 bits per heavy atom. The van der Waals surface area contributed by atoms with E-state index in [9.17, 15) is 18.0 Å². The van der Waals surface area contributed by atoms with E-state index >= 15 is 0 Å². The molecule has 2 atom stereocenters. The highest BCUT2D eigenvalue weighted by molar-refractivity contribution is 8.09. The predicted octanol–water partition coefficient (Wildman–Crippen LogP) is 6.35. The number of nitrogens with one attached hydrogen (secondary N) is 1. The second-order valence-corrected chi connectivity index (χ2v) is 12.4. The Hall–Kier alpha value is -0.790. The average molecular weight is 504 g/mol. The standard InChI is InChI=1S/C19H23Cl2F3NO3PS/c1-6-11-7-12(20)8-13(21)14(11)15-16(18(4,10(2)3)25-17(15)26)28-29(5,30)27-9-19(22,23)24/h7-8,10H,6,9H2,1-5H3,(H,25,26). The Bertz CT molecular complexity index is 936. The lowest BCUT2D eigenvalue weighted by Crippen LogP contribution is -2.46. The van der Waals surface area contributed by atoms with Gasteiger partial charge in [-0.15, -0.1) is 0 Å². The summed E-state index contributed by atoms with van der Waals surface area (Å²) in [4.78, 5) is 13.0. The van der Waals surface area contributed by atoms with E-state index in [-0.39, 0.29) is 22.3 Å². The maximum atomic E-state index is 13.0. The Morgan fingerprint density at radius 2 is 1.90 bits per heavy atom. The summed E-state index contributed by atoms with van der Waals surface area (Å²) >= 11 is 17.8. The number of benzene rings is 1. The van der Waals surface area contributed by atoms with Crippen LogP contribution in [0.4, 0.5) is 13.2 Å². The summed E-state index contributed by atoms with van der Waals surface area (Å²) in [5, 5.41) is 3.52. The Labute approximate surface area is 189 Å². The Morgan fingerprint density at radius 1 is 1.30 bits per heavy atom. The lowest BCUT2D eigenvalue weighted by atomic mass is 9.86. The number of alkyl halides is 3. The summed E-state index contributed by atoms with van der Waals surface area (Å²) in [7, 11) is 0. The minimum absolute atomic E-state index is 0.134. The molecule has 2 unspecified atom stereocenters. The Balaban J connectivity index is 2.69. The molecule has 0 saturated heterocycles. The van der Waals surface area contributed by atoms with E-state index in [4.69, 9.17) is 44.1 Å². The molecule has 1 aliphatic rings. The summed E-state index contributed by atoms with van der Waals surface area (Å²) in [5.41, 5.74) is 0.247. The summed E-state index contributed by atoms with van der Waals surface area (Å²) in [6.45, 7) is 3.67. The molecule has 0 aromatic heterocycles. The van der Waals surface area contributed by atoms with Crippen molar-refractivity contribution in [2.45, 2.75) is 45.8 Å². The van der Waals surface area contributed by atoms with Gasteiger partial charge in [0.1, 0.15) is 5.76 Å². The summed E-state index contributed by atoms with van der Waals surface area (Å²) in [6.07, 6.45) is -4.04. The van der Waals surface area contributed by atoms with Gasteiger partial charge in [0.15, 0.2) is 6.61 Å². The number of carbonyl (C=O) groups is 1. The number of halogens is 5. The van der Waals surface area contributed by atoms with Gasteiger partial charge in [0, 0.05) is 17.3 Å². The second kappa shape index (κ2) is 8.99. The number of aryl methyl sites for hydroxylation is 1. The molecule has 1 heterocycles. The lowest BCUT2D eigenvalue weighted by Gasteiger charge is -2.34. The van der Waals surface area contributed by atoms with Crippen LogP contribution in [0.3, 0.4) is 0 Å². The Kier molecular flexibility index (Phi) is 7.63. The molecule has 0 radical (unpaired) electrons. The molecule has 0 bridgehead atoms. The van der Waals surface area contributed by atoms with E-state index in [2.05, 4.69) is 5.32 Å². The van der Waals surface area contributed by atoms with Gasteiger partial charge in [0.05, 0.1) is 16.1 Å². The molecule has 11 heteroatoms. The third kappa shape index (κ3) is 5.52. The number of carbonyl (C=O) groups excluding carboxylic acids is 1. The van der Waals surface area contributed by atoms with Crippen LogP contribution >= 0.6 is 29.7 Å². The van der Waals surface area contributed by atoms with Crippen LogP contribution in [-0.2, 0) is 32.1 Å². The van der Waals surface area contributed by atoms with E-state index in [1.54, 1.807) is 13.0 Å². The number of amides is 1. The first-order valence-electron chi connectivity index (χ1n) is 9.15. The molecule has 30 heavy (non-hydrogen) atoms. The highest BCUT2D eigenvalue weighted by Gasteiger charge is 2.48. The van der Waals surface area contributed by atoms with Gasteiger partial charge in [-0.05, 0) is 48.8 Å². The van der Waals surface area contributed by atoms with Crippen molar-refractivity contribution in [3.8, 4) is 0 Å². The molecule has 0 aliphatic carbocycles. The molecule has 4 nitrogen and oxygen atoms in total. The van der Waals surface area contributed by atoms with Crippen molar-refractivity contribution < 1.29 is 27.0 Å². The van der Waals surface area contributed by atoms with Gasteiger partial charge in [-0.2, -0.15) is 13.2 Å². The van der Waals surface area contributed by atoms with Gasteiger partial charge in [-0.25, -0.2) is 0 Å². The van der Waals surface area contributed by atoms with Crippen LogP contribution in [0, 0.1) is 5.92 Å². The molecule has 1 N–H and O–H groups in total. The highest BCUT2D eigenvalue weighted by atomic mass is 35.5. The maximum Gasteiger partial charge on any atom is 0.412 e. The first-order valence-corrected chi connectivity index (χ1v) is 13.0. The van der Waals surface area contributed by atoms with Crippen molar-refractivity contribution in [2.75, 3.05) is 13.3 Å². The van der Waals surface area contributed by atoms with Crippen LogP contribution in [0.1, 0.15) is 38.8 Å². The zero-order valence-corrected chi connectivity index (χ0v) is 20.3. The molecule has 2 rings (SSSR count). The van der Waals surface area contributed by atoms with Crippen LogP contribution in [0.2, 0.25) is 10.0 Å². The van der Waals surface area contributed by atoms with Crippen molar-refractivity contribution in [2.24, 2.45) is 5.92 Å². The minimum Gasteiger partial charge on any atom is -0.445 e.